The van der Waals surface area contributed by atoms with Crippen LogP contribution in [0.1, 0.15) is 34.3 Å². The van der Waals surface area contributed by atoms with E-state index in [-0.39, 0.29) is 18.5 Å². The van der Waals surface area contributed by atoms with Crippen LogP contribution >= 0.6 is 0 Å². The van der Waals surface area contributed by atoms with Crippen LogP contribution in [0.2, 0.25) is 0 Å². The number of fused-ring (bicyclic) bond motifs is 1. The molecule has 1 N–H and O–H groups in total. The van der Waals surface area contributed by atoms with Crippen LogP contribution in [-0.2, 0) is 16.6 Å². The van der Waals surface area contributed by atoms with Crippen molar-refractivity contribution in [2.45, 2.75) is 24.7 Å². The predicted molar refractivity (Wildman–Crippen MR) is 117 cm³/mol. The maximum Gasteiger partial charge on any atom is 0.251 e. The van der Waals surface area contributed by atoms with Gasteiger partial charge in [-0.15, -0.1) is 0 Å². The molecule has 2 aliphatic rings. The Bertz CT molecular complexity index is 1180. The van der Waals surface area contributed by atoms with Gasteiger partial charge in [0.2, 0.25) is 6.79 Å². The number of rotatable bonds is 6. The summed E-state index contributed by atoms with van der Waals surface area (Å²) in [5, 5.41) is 2.65. The second-order valence-corrected chi connectivity index (χ2v) is 8.11. The first kappa shape index (κ1) is 19.4. The smallest absolute Gasteiger partial charge is 0.251 e. The fraction of sp³-hybridized carbons (Fsp3) is 0.231. The molecule has 1 aliphatic carbocycles. The molecule has 0 aromatic heterocycles. The minimum Gasteiger partial charge on any atom is -0.454 e. The van der Waals surface area contributed by atoms with Gasteiger partial charge in [-0.05, 0) is 59.4 Å². The maximum atomic E-state index is 13.3. The van der Waals surface area contributed by atoms with E-state index >= 15 is 0 Å². The SMILES string of the molecule is CNC(=O)c1cccc(-c2cccc(CC(=O)C3(c4ccc5c(c4)OCO5)CC3)c2)c1. The number of hydrogen-bond donors (Lipinski definition) is 1. The van der Waals surface area contributed by atoms with E-state index in [1.165, 1.54) is 0 Å². The summed E-state index contributed by atoms with van der Waals surface area (Å²) in [5.74, 6) is 1.56. The topological polar surface area (TPSA) is 64.6 Å². The molecule has 1 heterocycles. The Morgan fingerprint density at radius 1 is 0.903 bits per heavy atom. The zero-order chi connectivity index (χ0) is 21.4. The van der Waals surface area contributed by atoms with Gasteiger partial charge < -0.3 is 14.8 Å². The predicted octanol–water partition coefficient (Wildman–Crippen LogP) is 4.29. The van der Waals surface area contributed by atoms with E-state index < -0.39 is 5.41 Å². The summed E-state index contributed by atoms with van der Waals surface area (Å²) in [5.41, 5.74) is 4.12. The molecule has 0 saturated heterocycles. The number of Topliss-reactive ketones (excluding diaryl/α,β-unsaturated/α-hetero) is 1. The number of ketones is 1. The highest BCUT2D eigenvalue weighted by Crippen LogP contribution is 2.51. The van der Waals surface area contributed by atoms with Gasteiger partial charge in [0.15, 0.2) is 11.5 Å². The van der Waals surface area contributed by atoms with Crippen molar-refractivity contribution in [3.8, 4) is 22.6 Å². The fourth-order valence-corrected chi connectivity index (χ4v) is 4.25. The molecule has 1 saturated carbocycles. The van der Waals surface area contributed by atoms with Crippen molar-refractivity contribution in [3.05, 3.63) is 83.4 Å². The van der Waals surface area contributed by atoms with Gasteiger partial charge in [-0.1, -0.05) is 42.5 Å². The van der Waals surface area contributed by atoms with E-state index in [1.54, 1.807) is 13.1 Å². The normalized spacial score (nSPS) is 15.4. The van der Waals surface area contributed by atoms with Gasteiger partial charge in [-0.25, -0.2) is 0 Å². The standard InChI is InChI=1S/C26H23NO4/c1-27-25(29)20-7-3-6-19(14-20)18-5-2-4-17(12-18)13-24(28)26(10-11-26)21-8-9-22-23(15-21)31-16-30-22/h2-9,12,14-15H,10-11,13,16H2,1H3,(H,27,29). The maximum absolute atomic E-state index is 13.3. The van der Waals surface area contributed by atoms with Crippen LogP contribution in [-0.4, -0.2) is 25.5 Å². The Morgan fingerprint density at radius 3 is 2.42 bits per heavy atom. The molecule has 5 heteroatoms. The second-order valence-electron chi connectivity index (χ2n) is 8.11. The van der Waals surface area contributed by atoms with Gasteiger partial charge in [0.1, 0.15) is 5.78 Å². The van der Waals surface area contributed by atoms with E-state index in [2.05, 4.69) is 5.32 Å². The number of carbonyl (C=O) groups excluding carboxylic acids is 2. The van der Waals surface area contributed by atoms with Crippen LogP contribution in [0.25, 0.3) is 11.1 Å². The van der Waals surface area contributed by atoms with E-state index in [0.29, 0.717) is 12.0 Å². The Balaban J connectivity index is 1.38. The van der Waals surface area contributed by atoms with Crippen molar-refractivity contribution in [3.63, 3.8) is 0 Å². The molecule has 5 nitrogen and oxygen atoms in total. The lowest BCUT2D eigenvalue weighted by Gasteiger charge is -2.16. The highest BCUT2D eigenvalue weighted by Gasteiger charge is 2.50. The molecule has 0 spiro atoms. The fourth-order valence-electron chi connectivity index (χ4n) is 4.25. The van der Waals surface area contributed by atoms with Crippen molar-refractivity contribution in [2.75, 3.05) is 13.8 Å². The van der Waals surface area contributed by atoms with Gasteiger partial charge in [-0.3, -0.25) is 9.59 Å². The van der Waals surface area contributed by atoms with Gasteiger partial charge in [0, 0.05) is 19.0 Å². The molecule has 3 aromatic carbocycles. The number of nitrogens with one attached hydrogen (secondary N) is 1. The monoisotopic (exact) mass is 413 g/mol. The molecular weight excluding hydrogens is 390 g/mol. The molecule has 0 atom stereocenters. The molecule has 0 unspecified atom stereocenters. The number of hydrogen-bond acceptors (Lipinski definition) is 4. The largest absolute Gasteiger partial charge is 0.454 e. The van der Waals surface area contributed by atoms with Crippen molar-refractivity contribution in [2.24, 2.45) is 0 Å². The highest BCUT2D eigenvalue weighted by atomic mass is 16.7. The summed E-state index contributed by atoms with van der Waals surface area (Å²) in [6.07, 6.45) is 2.09. The van der Waals surface area contributed by atoms with E-state index in [9.17, 15) is 9.59 Å². The lowest BCUT2D eigenvalue weighted by Crippen LogP contribution is -2.22. The second kappa shape index (κ2) is 7.58. The summed E-state index contributed by atoms with van der Waals surface area (Å²) in [6, 6.07) is 21.3. The van der Waals surface area contributed by atoms with Crippen LogP contribution < -0.4 is 14.8 Å². The first-order chi connectivity index (χ1) is 15.1. The molecule has 5 rings (SSSR count). The molecular formula is C26H23NO4. The molecule has 1 amide bonds. The minimum atomic E-state index is -0.421. The van der Waals surface area contributed by atoms with E-state index in [1.807, 2.05) is 60.7 Å². The third-order valence-corrected chi connectivity index (χ3v) is 6.19. The minimum absolute atomic E-state index is 0.118. The number of benzene rings is 3. The Labute approximate surface area is 181 Å². The molecule has 1 aliphatic heterocycles. The summed E-state index contributed by atoms with van der Waals surface area (Å²) in [6.45, 7) is 0.230. The highest BCUT2D eigenvalue weighted by molar-refractivity contribution is 5.96. The molecule has 0 radical (unpaired) electrons. The average molecular weight is 413 g/mol. The van der Waals surface area contributed by atoms with Crippen LogP contribution in [0.5, 0.6) is 11.5 Å². The quantitative estimate of drug-likeness (QED) is 0.655. The van der Waals surface area contributed by atoms with E-state index in [4.69, 9.17) is 9.47 Å². The number of ether oxygens (including phenoxy) is 2. The summed E-state index contributed by atoms with van der Waals surface area (Å²) >= 11 is 0. The first-order valence-corrected chi connectivity index (χ1v) is 10.4. The Hall–Kier alpha value is -3.60. The van der Waals surface area contributed by atoms with Crippen molar-refractivity contribution < 1.29 is 19.1 Å². The van der Waals surface area contributed by atoms with Crippen LogP contribution in [0.4, 0.5) is 0 Å². The zero-order valence-corrected chi connectivity index (χ0v) is 17.3. The van der Waals surface area contributed by atoms with Crippen LogP contribution in [0.15, 0.2) is 66.7 Å². The molecule has 31 heavy (non-hydrogen) atoms. The molecule has 3 aromatic rings. The van der Waals surface area contributed by atoms with Gasteiger partial charge in [0.25, 0.3) is 5.91 Å². The molecule has 156 valence electrons. The van der Waals surface area contributed by atoms with Crippen LogP contribution in [0, 0.1) is 0 Å². The average Bonchev–Trinajstić information content (AvgIpc) is 3.49. The van der Waals surface area contributed by atoms with Gasteiger partial charge >= 0.3 is 0 Å². The van der Waals surface area contributed by atoms with E-state index in [0.717, 1.165) is 46.6 Å². The van der Waals surface area contributed by atoms with Gasteiger partial charge in [-0.2, -0.15) is 0 Å². The van der Waals surface area contributed by atoms with Crippen LogP contribution in [0.3, 0.4) is 0 Å². The Kier molecular flexibility index (Phi) is 4.74. The molecule has 0 bridgehead atoms. The summed E-state index contributed by atoms with van der Waals surface area (Å²) in [4.78, 5) is 25.3. The molecule has 1 fully saturated rings. The lowest BCUT2D eigenvalue weighted by molar-refractivity contribution is -0.120. The summed E-state index contributed by atoms with van der Waals surface area (Å²) in [7, 11) is 1.62. The third-order valence-electron chi connectivity index (χ3n) is 6.19. The third kappa shape index (κ3) is 3.56. The van der Waals surface area contributed by atoms with Gasteiger partial charge in [0.05, 0.1) is 5.41 Å². The van der Waals surface area contributed by atoms with Crippen molar-refractivity contribution in [1.82, 2.24) is 5.32 Å². The zero-order valence-electron chi connectivity index (χ0n) is 17.3. The number of carbonyl (C=O) groups is 2. The number of amides is 1. The first-order valence-electron chi connectivity index (χ1n) is 10.4. The lowest BCUT2D eigenvalue weighted by atomic mass is 9.87. The Morgan fingerprint density at radius 2 is 1.65 bits per heavy atom. The van der Waals surface area contributed by atoms with Crippen molar-refractivity contribution in [1.29, 1.82) is 0 Å². The summed E-state index contributed by atoms with van der Waals surface area (Å²) < 4.78 is 10.9. The van der Waals surface area contributed by atoms with Crippen molar-refractivity contribution >= 4 is 11.7 Å².